The number of hydrogen-bond donors (Lipinski definition) is 3. The third-order valence-corrected chi connectivity index (χ3v) is 2.94. The van der Waals surface area contributed by atoms with Gasteiger partial charge in [-0.15, -0.1) is 0 Å². The largest absolute Gasteiger partial charge is 0.480 e. The fourth-order valence-corrected chi connectivity index (χ4v) is 1.69. The lowest BCUT2D eigenvalue weighted by Crippen LogP contribution is -2.38. The summed E-state index contributed by atoms with van der Waals surface area (Å²) in [6.45, 7) is 1.14. The number of anilines is 1. The van der Waals surface area contributed by atoms with Gasteiger partial charge < -0.3 is 15.7 Å². The van der Waals surface area contributed by atoms with Crippen LogP contribution in [-0.2, 0) is 15.8 Å². The Labute approximate surface area is 133 Å². The molecule has 0 heterocycles. The number of halogens is 3. The average Bonchev–Trinajstić information content (AvgIpc) is 2.45. The topological polar surface area (TPSA) is 122 Å². The van der Waals surface area contributed by atoms with Crippen LogP contribution >= 0.6 is 0 Å². The van der Waals surface area contributed by atoms with E-state index in [9.17, 15) is 32.9 Å². The van der Waals surface area contributed by atoms with Crippen LogP contribution in [0.15, 0.2) is 18.2 Å². The first-order valence-electron chi connectivity index (χ1n) is 6.64. The van der Waals surface area contributed by atoms with Crippen LogP contribution < -0.4 is 10.6 Å². The average molecular weight is 349 g/mol. The van der Waals surface area contributed by atoms with Gasteiger partial charge in [-0.1, -0.05) is 0 Å². The summed E-state index contributed by atoms with van der Waals surface area (Å²) in [5, 5.41) is 24.2. The Morgan fingerprint density at radius 1 is 1.38 bits per heavy atom. The fraction of sp³-hybridized carbons (Fsp3) is 0.385. The SMILES string of the molecule is C[C@H](NC(=O)CCNc1ccc(C(F)(F)F)cc1[N+](=O)[O-])C(=O)O. The van der Waals surface area contributed by atoms with Crippen molar-refractivity contribution >= 4 is 23.3 Å². The minimum Gasteiger partial charge on any atom is -0.480 e. The van der Waals surface area contributed by atoms with Gasteiger partial charge >= 0.3 is 12.1 Å². The van der Waals surface area contributed by atoms with E-state index in [2.05, 4.69) is 10.6 Å². The molecule has 24 heavy (non-hydrogen) atoms. The quantitative estimate of drug-likeness (QED) is 0.511. The molecule has 8 nitrogen and oxygen atoms in total. The number of benzene rings is 1. The summed E-state index contributed by atoms with van der Waals surface area (Å²) in [5.74, 6) is -1.85. The lowest BCUT2D eigenvalue weighted by atomic mass is 10.1. The molecule has 0 saturated carbocycles. The Morgan fingerprint density at radius 3 is 2.50 bits per heavy atom. The molecule has 0 aliphatic heterocycles. The number of nitro groups is 1. The normalized spacial score (nSPS) is 12.3. The highest BCUT2D eigenvalue weighted by Gasteiger charge is 2.33. The van der Waals surface area contributed by atoms with Gasteiger partial charge in [0.25, 0.3) is 5.69 Å². The maximum atomic E-state index is 12.6. The van der Waals surface area contributed by atoms with Crippen molar-refractivity contribution in [1.82, 2.24) is 5.32 Å². The zero-order chi connectivity index (χ0) is 18.5. The second-order valence-electron chi connectivity index (χ2n) is 4.79. The Hall–Kier alpha value is -2.85. The monoisotopic (exact) mass is 349 g/mol. The van der Waals surface area contributed by atoms with Gasteiger partial charge in [0, 0.05) is 19.0 Å². The molecule has 1 aromatic rings. The van der Waals surface area contributed by atoms with Crippen molar-refractivity contribution in [2.24, 2.45) is 0 Å². The van der Waals surface area contributed by atoms with Crippen molar-refractivity contribution in [3.8, 4) is 0 Å². The van der Waals surface area contributed by atoms with E-state index < -0.39 is 40.3 Å². The first-order valence-corrected chi connectivity index (χ1v) is 6.64. The van der Waals surface area contributed by atoms with E-state index in [1.807, 2.05) is 0 Å². The first kappa shape index (κ1) is 19.2. The van der Waals surface area contributed by atoms with Crippen LogP contribution in [0.2, 0.25) is 0 Å². The van der Waals surface area contributed by atoms with Crippen molar-refractivity contribution in [3.63, 3.8) is 0 Å². The molecule has 0 aromatic heterocycles. The van der Waals surface area contributed by atoms with Crippen LogP contribution in [0.5, 0.6) is 0 Å². The minimum absolute atomic E-state index is 0.121. The maximum absolute atomic E-state index is 12.6. The molecule has 0 aliphatic rings. The Kier molecular flexibility index (Phi) is 6.09. The van der Waals surface area contributed by atoms with Gasteiger partial charge in [0.15, 0.2) is 0 Å². The molecule has 0 radical (unpaired) electrons. The Balaban J connectivity index is 2.73. The number of nitrogens with one attached hydrogen (secondary N) is 2. The van der Waals surface area contributed by atoms with E-state index in [4.69, 9.17) is 5.11 Å². The zero-order valence-corrected chi connectivity index (χ0v) is 12.4. The van der Waals surface area contributed by atoms with Gasteiger partial charge in [0.05, 0.1) is 10.5 Å². The lowest BCUT2D eigenvalue weighted by molar-refractivity contribution is -0.384. The molecular formula is C13H14F3N3O5. The molecule has 3 N–H and O–H groups in total. The van der Waals surface area contributed by atoms with Gasteiger partial charge in [-0.3, -0.25) is 19.7 Å². The highest BCUT2D eigenvalue weighted by Crippen LogP contribution is 2.34. The molecule has 0 fully saturated rings. The van der Waals surface area contributed by atoms with E-state index in [0.29, 0.717) is 12.1 Å². The summed E-state index contributed by atoms with van der Waals surface area (Å²) in [4.78, 5) is 31.9. The molecule has 132 valence electrons. The predicted octanol–water partition coefficient (Wildman–Crippen LogP) is 2.00. The summed E-state index contributed by atoms with van der Waals surface area (Å²) in [7, 11) is 0. The molecule has 0 unspecified atom stereocenters. The van der Waals surface area contributed by atoms with Gasteiger partial charge in [-0.25, -0.2) is 0 Å². The summed E-state index contributed by atoms with van der Waals surface area (Å²) in [6.07, 6.45) is -4.92. The van der Waals surface area contributed by atoms with Crippen molar-refractivity contribution in [3.05, 3.63) is 33.9 Å². The van der Waals surface area contributed by atoms with Crippen molar-refractivity contribution < 1.29 is 32.8 Å². The number of carboxylic acids is 1. The lowest BCUT2D eigenvalue weighted by Gasteiger charge is -2.11. The summed E-state index contributed by atoms with van der Waals surface area (Å²) in [5.41, 5.74) is -2.11. The summed E-state index contributed by atoms with van der Waals surface area (Å²) < 4.78 is 37.7. The summed E-state index contributed by atoms with van der Waals surface area (Å²) in [6, 6.07) is 0.883. The molecule has 0 aliphatic carbocycles. The first-order chi connectivity index (χ1) is 11.0. The molecule has 1 atom stereocenters. The second kappa shape index (κ2) is 7.62. The van der Waals surface area contributed by atoms with E-state index in [1.54, 1.807) is 0 Å². The van der Waals surface area contributed by atoms with E-state index >= 15 is 0 Å². The molecule has 1 aromatic carbocycles. The van der Waals surface area contributed by atoms with Crippen molar-refractivity contribution in [2.75, 3.05) is 11.9 Å². The standard InChI is InChI=1S/C13H14F3N3O5/c1-7(12(21)22)18-11(20)4-5-17-9-3-2-8(13(14,15)16)6-10(9)19(23)24/h2-3,6-7,17H,4-5H2,1H3,(H,18,20)(H,21,22)/t7-/m0/s1. The summed E-state index contributed by atoms with van der Waals surface area (Å²) >= 11 is 0. The van der Waals surface area contributed by atoms with Crippen LogP contribution in [-0.4, -0.2) is 34.5 Å². The van der Waals surface area contributed by atoms with Crippen LogP contribution in [0.3, 0.4) is 0 Å². The molecule has 11 heteroatoms. The van der Waals surface area contributed by atoms with Gasteiger partial charge in [0.1, 0.15) is 11.7 Å². The maximum Gasteiger partial charge on any atom is 0.416 e. The zero-order valence-electron chi connectivity index (χ0n) is 12.4. The van der Waals surface area contributed by atoms with Crippen LogP contribution in [0.4, 0.5) is 24.5 Å². The smallest absolute Gasteiger partial charge is 0.416 e. The molecule has 0 saturated heterocycles. The number of carboxylic acid groups (broad SMARTS) is 1. The number of nitro benzene ring substituents is 1. The second-order valence-corrected chi connectivity index (χ2v) is 4.79. The van der Waals surface area contributed by atoms with E-state index in [0.717, 1.165) is 6.07 Å². The van der Waals surface area contributed by atoms with Crippen molar-refractivity contribution in [2.45, 2.75) is 25.6 Å². The van der Waals surface area contributed by atoms with Gasteiger partial charge in [0.2, 0.25) is 5.91 Å². The highest BCUT2D eigenvalue weighted by atomic mass is 19.4. The number of carbonyl (C=O) groups excluding carboxylic acids is 1. The third kappa shape index (κ3) is 5.41. The number of nitrogens with zero attached hydrogens (tertiary/aromatic N) is 1. The minimum atomic E-state index is -4.71. The Bertz CT molecular complexity index is 648. The van der Waals surface area contributed by atoms with Crippen molar-refractivity contribution in [1.29, 1.82) is 0 Å². The van der Waals surface area contributed by atoms with Gasteiger partial charge in [-0.2, -0.15) is 13.2 Å². The highest BCUT2D eigenvalue weighted by molar-refractivity contribution is 5.83. The number of amides is 1. The number of rotatable bonds is 7. The molecule has 0 bridgehead atoms. The number of alkyl halides is 3. The molecule has 0 spiro atoms. The van der Waals surface area contributed by atoms with E-state index in [1.165, 1.54) is 6.92 Å². The van der Waals surface area contributed by atoms with Crippen LogP contribution in [0.25, 0.3) is 0 Å². The molecule has 1 amide bonds. The molecule has 1 rings (SSSR count). The number of carbonyl (C=O) groups is 2. The third-order valence-electron chi connectivity index (χ3n) is 2.94. The van der Waals surface area contributed by atoms with Crippen LogP contribution in [0.1, 0.15) is 18.9 Å². The predicted molar refractivity (Wildman–Crippen MR) is 76.4 cm³/mol. The Morgan fingerprint density at radius 2 is 2.00 bits per heavy atom. The number of aliphatic carboxylic acids is 1. The van der Waals surface area contributed by atoms with Gasteiger partial charge in [-0.05, 0) is 19.1 Å². The van der Waals surface area contributed by atoms with Crippen LogP contribution in [0, 0.1) is 10.1 Å². The number of hydrogen-bond acceptors (Lipinski definition) is 5. The molecular weight excluding hydrogens is 335 g/mol. The van der Waals surface area contributed by atoms with E-state index in [-0.39, 0.29) is 18.7 Å². The fourth-order valence-electron chi connectivity index (χ4n) is 1.69.